The number of halogens is 2. The van der Waals surface area contributed by atoms with Crippen LogP contribution in [0.25, 0.3) is 0 Å². The van der Waals surface area contributed by atoms with E-state index in [0.717, 1.165) is 10.2 Å². The van der Waals surface area contributed by atoms with Crippen molar-refractivity contribution in [3.63, 3.8) is 0 Å². The SMILES string of the molecule is COC(=O)C1(Nc2ccc(Cl)c(Br)c2)COC1. The van der Waals surface area contributed by atoms with E-state index in [0.29, 0.717) is 18.2 Å². The fraction of sp³-hybridized carbons (Fsp3) is 0.364. The first-order chi connectivity index (χ1) is 8.07. The molecule has 1 heterocycles. The van der Waals surface area contributed by atoms with E-state index in [9.17, 15) is 4.79 Å². The van der Waals surface area contributed by atoms with Gasteiger partial charge in [0.25, 0.3) is 0 Å². The average Bonchev–Trinajstić information content (AvgIpc) is 2.27. The Balaban J connectivity index is 2.18. The Bertz CT molecular complexity index is 448. The number of methoxy groups -OCH3 is 1. The first-order valence-corrected chi connectivity index (χ1v) is 6.14. The number of rotatable bonds is 3. The Morgan fingerprint density at radius 3 is 2.76 bits per heavy atom. The molecule has 17 heavy (non-hydrogen) atoms. The van der Waals surface area contributed by atoms with Gasteiger partial charge in [-0.2, -0.15) is 0 Å². The number of benzene rings is 1. The minimum atomic E-state index is -0.776. The molecule has 0 radical (unpaired) electrons. The van der Waals surface area contributed by atoms with Gasteiger partial charge in [-0.25, -0.2) is 4.79 Å². The molecule has 0 bridgehead atoms. The number of esters is 1. The van der Waals surface area contributed by atoms with Crippen molar-refractivity contribution < 1.29 is 14.3 Å². The van der Waals surface area contributed by atoms with Gasteiger partial charge in [-0.15, -0.1) is 0 Å². The summed E-state index contributed by atoms with van der Waals surface area (Å²) < 4.78 is 10.6. The number of anilines is 1. The highest BCUT2D eigenvalue weighted by molar-refractivity contribution is 9.10. The van der Waals surface area contributed by atoms with Gasteiger partial charge in [0.2, 0.25) is 0 Å². The zero-order valence-electron chi connectivity index (χ0n) is 9.13. The molecule has 1 aromatic carbocycles. The molecule has 4 nitrogen and oxygen atoms in total. The molecule has 0 unspecified atom stereocenters. The third kappa shape index (κ3) is 2.41. The number of nitrogens with one attached hydrogen (secondary N) is 1. The number of hydrogen-bond donors (Lipinski definition) is 1. The highest BCUT2D eigenvalue weighted by Gasteiger charge is 2.47. The zero-order valence-corrected chi connectivity index (χ0v) is 11.5. The largest absolute Gasteiger partial charge is 0.467 e. The lowest BCUT2D eigenvalue weighted by Gasteiger charge is -2.39. The molecular weight excluding hydrogens is 309 g/mol. The molecule has 1 saturated heterocycles. The molecule has 0 saturated carbocycles. The Hall–Kier alpha value is -0.780. The lowest BCUT2D eigenvalue weighted by Crippen LogP contribution is -2.62. The van der Waals surface area contributed by atoms with Crippen molar-refractivity contribution in [3.05, 3.63) is 27.7 Å². The van der Waals surface area contributed by atoms with Gasteiger partial charge in [-0.3, -0.25) is 0 Å². The fourth-order valence-electron chi connectivity index (χ4n) is 1.59. The van der Waals surface area contributed by atoms with E-state index in [1.807, 2.05) is 6.07 Å². The highest BCUT2D eigenvalue weighted by Crippen LogP contribution is 2.29. The summed E-state index contributed by atoms with van der Waals surface area (Å²) in [5.74, 6) is -0.324. The summed E-state index contributed by atoms with van der Waals surface area (Å²) in [5, 5.41) is 3.74. The quantitative estimate of drug-likeness (QED) is 0.869. The Morgan fingerprint density at radius 1 is 1.59 bits per heavy atom. The summed E-state index contributed by atoms with van der Waals surface area (Å²) in [6, 6.07) is 5.36. The normalized spacial score (nSPS) is 17.1. The van der Waals surface area contributed by atoms with Crippen molar-refractivity contribution in [2.24, 2.45) is 0 Å². The molecule has 1 aliphatic heterocycles. The third-order valence-electron chi connectivity index (χ3n) is 2.58. The van der Waals surface area contributed by atoms with Gasteiger partial charge in [0, 0.05) is 10.2 Å². The zero-order chi connectivity index (χ0) is 12.5. The van der Waals surface area contributed by atoms with Crippen LogP contribution in [0.3, 0.4) is 0 Å². The number of ether oxygens (including phenoxy) is 2. The topological polar surface area (TPSA) is 47.6 Å². The Kier molecular flexibility index (Phi) is 3.61. The molecule has 1 fully saturated rings. The molecule has 92 valence electrons. The van der Waals surface area contributed by atoms with Crippen LogP contribution in [0.2, 0.25) is 5.02 Å². The molecule has 1 aromatic rings. The van der Waals surface area contributed by atoms with E-state index < -0.39 is 5.54 Å². The van der Waals surface area contributed by atoms with Crippen molar-refractivity contribution in [2.45, 2.75) is 5.54 Å². The molecule has 0 aliphatic carbocycles. The van der Waals surface area contributed by atoms with E-state index in [-0.39, 0.29) is 5.97 Å². The first kappa shape index (κ1) is 12.7. The molecule has 1 aliphatic rings. The summed E-state index contributed by atoms with van der Waals surface area (Å²) in [5.41, 5.74) is 0.0112. The lowest BCUT2D eigenvalue weighted by molar-refractivity contribution is -0.161. The molecular formula is C11H11BrClNO3. The van der Waals surface area contributed by atoms with Crippen LogP contribution in [-0.4, -0.2) is 31.8 Å². The van der Waals surface area contributed by atoms with Crippen LogP contribution in [0.15, 0.2) is 22.7 Å². The second-order valence-electron chi connectivity index (χ2n) is 3.82. The summed E-state index contributed by atoms with van der Waals surface area (Å²) in [4.78, 5) is 11.7. The summed E-state index contributed by atoms with van der Waals surface area (Å²) >= 11 is 9.23. The van der Waals surface area contributed by atoms with E-state index in [2.05, 4.69) is 21.2 Å². The van der Waals surface area contributed by atoms with Gasteiger partial charge >= 0.3 is 5.97 Å². The minimum absolute atomic E-state index is 0.305. The lowest BCUT2D eigenvalue weighted by atomic mass is 9.97. The van der Waals surface area contributed by atoms with E-state index >= 15 is 0 Å². The van der Waals surface area contributed by atoms with E-state index in [1.54, 1.807) is 12.1 Å². The van der Waals surface area contributed by atoms with Gasteiger partial charge in [-0.05, 0) is 34.1 Å². The van der Waals surface area contributed by atoms with Crippen LogP contribution in [-0.2, 0) is 14.3 Å². The highest BCUT2D eigenvalue weighted by atomic mass is 79.9. The molecule has 2 rings (SSSR count). The molecule has 0 amide bonds. The van der Waals surface area contributed by atoms with Crippen molar-refractivity contribution in [1.29, 1.82) is 0 Å². The van der Waals surface area contributed by atoms with Gasteiger partial charge in [0.15, 0.2) is 5.54 Å². The third-order valence-corrected chi connectivity index (χ3v) is 3.79. The molecule has 0 spiro atoms. The minimum Gasteiger partial charge on any atom is -0.467 e. The van der Waals surface area contributed by atoms with Crippen molar-refractivity contribution in [2.75, 3.05) is 25.6 Å². The van der Waals surface area contributed by atoms with E-state index in [1.165, 1.54) is 7.11 Å². The van der Waals surface area contributed by atoms with Gasteiger partial charge in [0.1, 0.15) is 0 Å². The molecule has 0 aromatic heterocycles. The number of carbonyl (C=O) groups is 1. The van der Waals surface area contributed by atoms with Gasteiger partial charge in [-0.1, -0.05) is 11.6 Å². The Labute approximate surface area is 112 Å². The molecule has 1 N–H and O–H groups in total. The van der Waals surface area contributed by atoms with Gasteiger partial charge < -0.3 is 14.8 Å². The fourth-order valence-corrected chi connectivity index (χ4v) is 2.09. The van der Waals surface area contributed by atoms with Crippen molar-refractivity contribution in [3.8, 4) is 0 Å². The van der Waals surface area contributed by atoms with Crippen molar-refractivity contribution >= 4 is 39.2 Å². The van der Waals surface area contributed by atoms with Crippen LogP contribution in [0.1, 0.15) is 0 Å². The second-order valence-corrected chi connectivity index (χ2v) is 5.08. The standard InChI is InChI=1S/C11H11BrClNO3/c1-16-10(15)11(5-17-6-11)14-7-2-3-9(13)8(12)4-7/h2-4,14H,5-6H2,1H3. The smallest absolute Gasteiger partial charge is 0.336 e. The number of hydrogen-bond acceptors (Lipinski definition) is 4. The van der Waals surface area contributed by atoms with E-state index in [4.69, 9.17) is 21.1 Å². The Morgan fingerprint density at radius 2 is 2.29 bits per heavy atom. The first-order valence-electron chi connectivity index (χ1n) is 4.97. The van der Waals surface area contributed by atoms with Crippen molar-refractivity contribution in [1.82, 2.24) is 0 Å². The summed E-state index contributed by atoms with van der Waals surface area (Å²) in [6.45, 7) is 0.611. The summed E-state index contributed by atoms with van der Waals surface area (Å²) in [6.07, 6.45) is 0. The van der Waals surface area contributed by atoms with Crippen LogP contribution < -0.4 is 5.32 Å². The monoisotopic (exact) mass is 319 g/mol. The van der Waals surface area contributed by atoms with Crippen LogP contribution in [0.5, 0.6) is 0 Å². The van der Waals surface area contributed by atoms with Crippen LogP contribution in [0.4, 0.5) is 5.69 Å². The summed E-state index contributed by atoms with van der Waals surface area (Å²) in [7, 11) is 1.36. The van der Waals surface area contributed by atoms with Crippen LogP contribution >= 0.6 is 27.5 Å². The van der Waals surface area contributed by atoms with Crippen LogP contribution in [0, 0.1) is 0 Å². The average molecular weight is 321 g/mol. The maximum Gasteiger partial charge on any atom is 0.336 e. The molecule has 0 atom stereocenters. The number of carbonyl (C=O) groups excluding carboxylic acids is 1. The second kappa shape index (κ2) is 4.84. The predicted molar refractivity (Wildman–Crippen MR) is 68.3 cm³/mol. The van der Waals surface area contributed by atoms with Gasteiger partial charge in [0.05, 0.1) is 25.3 Å². The molecule has 6 heteroatoms. The predicted octanol–water partition coefficient (Wildman–Crippen LogP) is 2.46. The maximum absolute atomic E-state index is 11.7. The maximum atomic E-state index is 11.7.